The van der Waals surface area contributed by atoms with E-state index >= 15 is 0 Å². The number of nitrogens with one attached hydrogen (secondary N) is 2. The molecule has 0 aliphatic carbocycles. The van der Waals surface area contributed by atoms with E-state index < -0.39 is 0 Å². The first-order valence-electron chi connectivity index (χ1n) is 5.34. The van der Waals surface area contributed by atoms with Crippen molar-refractivity contribution in [2.24, 2.45) is 5.73 Å². The van der Waals surface area contributed by atoms with E-state index in [2.05, 4.69) is 10.6 Å². The van der Waals surface area contributed by atoms with E-state index in [1.165, 1.54) is 0 Å². The van der Waals surface area contributed by atoms with Crippen LogP contribution in [0.15, 0.2) is 0 Å². The van der Waals surface area contributed by atoms with Gasteiger partial charge in [-0.05, 0) is 19.9 Å². The normalized spacial score (nSPS) is 12.1. The maximum absolute atomic E-state index is 11.3. The topological polar surface area (TPSA) is 84.2 Å². The summed E-state index contributed by atoms with van der Waals surface area (Å²) in [5.74, 6) is -0.321. The summed E-state index contributed by atoms with van der Waals surface area (Å²) in [6.07, 6.45) is 1.39. The lowest BCUT2D eigenvalue weighted by atomic mass is 10.2. The molecule has 0 spiro atoms. The van der Waals surface area contributed by atoms with Crippen LogP contribution in [-0.2, 0) is 9.59 Å². The van der Waals surface area contributed by atoms with Crippen molar-refractivity contribution in [1.29, 1.82) is 0 Å². The molecule has 0 heterocycles. The molecule has 0 saturated heterocycles. The molecule has 5 nitrogen and oxygen atoms in total. The Bertz CT molecular complexity index is 207. The van der Waals surface area contributed by atoms with Gasteiger partial charge in [-0.15, -0.1) is 0 Å². The molecule has 1 unspecified atom stereocenters. The number of rotatable bonds is 8. The molecule has 15 heavy (non-hydrogen) atoms. The van der Waals surface area contributed by atoms with Gasteiger partial charge in [0.1, 0.15) is 0 Å². The molecule has 2 amide bonds. The van der Waals surface area contributed by atoms with Gasteiger partial charge in [0.2, 0.25) is 11.8 Å². The molecule has 0 aliphatic heterocycles. The third-order valence-electron chi connectivity index (χ3n) is 1.97. The van der Waals surface area contributed by atoms with Crippen LogP contribution in [0.5, 0.6) is 0 Å². The molecule has 4 N–H and O–H groups in total. The number of hydrogen-bond donors (Lipinski definition) is 3. The standard InChI is InChI=1S/C10H21N3O2/c1-3-12-8(2)7-10(15)13-6-4-5-9(11)14/h8,12H,3-7H2,1-2H3,(H2,11,14)(H,13,15). The molecule has 5 heteroatoms. The highest BCUT2D eigenvalue weighted by atomic mass is 16.2. The second-order valence-corrected chi connectivity index (χ2v) is 3.58. The smallest absolute Gasteiger partial charge is 0.221 e. The first-order valence-corrected chi connectivity index (χ1v) is 5.34. The Hall–Kier alpha value is -1.10. The predicted molar refractivity (Wildman–Crippen MR) is 59.2 cm³/mol. The summed E-state index contributed by atoms with van der Waals surface area (Å²) in [6, 6.07) is 0.186. The zero-order valence-electron chi connectivity index (χ0n) is 9.51. The summed E-state index contributed by atoms with van der Waals surface area (Å²) in [5, 5.41) is 5.89. The number of carbonyl (C=O) groups excluding carboxylic acids is 2. The SMILES string of the molecule is CCNC(C)CC(=O)NCCCC(N)=O. The summed E-state index contributed by atoms with van der Waals surface area (Å²) in [5.41, 5.74) is 4.97. The third kappa shape index (κ3) is 9.21. The van der Waals surface area contributed by atoms with Crippen molar-refractivity contribution >= 4 is 11.8 Å². The monoisotopic (exact) mass is 215 g/mol. The molecule has 0 radical (unpaired) electrons. The Labute approximate surface area is 90.8 Å². The summed E-state index contributed by atoms with van der Waals surface area (Å²) in [7, 11) is 0. The number of hydrogen-bond acceptors (Lipinski definition) is 3. The number of amides is 2. The summed E-state index contributed by atoms with van der Waals surface area (Å²) >= 11 is 0. The Morgan fingerprint density at radius 3 is 2.60 bits per heavy atom. The molecule has 0 saturated carbocycles. The highest BCUT2D eigenvalue weighted by molar-refractivity contribution is 5.76. The highest BCUT2D eigenvalue weighted by Crippen LogP contribution is 1.91. The minimum absolute atomic E-state index is 0.00733. The Balaban J connectivity index is 3.44. The van der Waals surface area contributed by atoms with Crippen LogP contribution in [0.1, 0.15) is 33.1 Å². The summed E-state index contributed by atoms with van der Waals surface area (Å²) in [4.78, 5) is 21.7. The lowest BCUT2D eigenvalue weighted by Gasteiger charge is -2.11. The first kappa shape index (κ1) is 13.9. The molecule has 1 atom stereocenters. The van der Waals surface area contributed by atoms with Gasteiger partial charge < -0.3 is 16.4 Å². The maximum Gasteiger partial charge on any atom is 0.221 e. The van der Waals surface area contributed by atoms with Crippen LogP contribution in [0.4, 0.5) is 0 Å². The minimum atomic E-state index is -0.328. The summed E-state index contributed by atoms with van der Waals surface area (Å²) in [6.45, 7) is 5.34. The van der Waals surface area contributed by atoms with E-state index in [-0.39, 0.29) is 17.9 Å². The molecule has 0 aromatic carbocycles. The van der Waals surface area contributed by atoms with Crippen LogP contribution in [0.3, 0.4) is 0 Å². The van der Waals surface area contributed by atoms with Crippen molar-refractivity contribution in [2.75, 3.05) is 13.1 Å². The molecular formula is C10H21N3O2. The molecular weight excluding hydrogens is 194 g/mol. The fraction of sp³-hybridized carbons (Fsp3) is 0.800. The van der Waals surface area contributed by atoms with Crippen LogP contribution >= 0.6 is 0 Å². The van der Waals surface area contributed by atoms with E-state index in [9.17, 15) is 9.59 Å². The van der Waals surface area contributed by atoms with E-state index in [1.807, 2.05) is 13.8 Å². The first-order chi connectivity index (χ1) is 7.06. The average molecular weight is 215 g/mol. The minimum Gasteiger partial charge on any atom is -0.370 e. The van der Waals surface area contributed by atoms with Crippen molar-refractivity contribution in [3.05, 3.63) is 0 Å². The lowest BCUT2D eigenvalue weighted by molar-refractivity contribution is -0.122. The van der Waals surface area contributed by atoms with Crippen LogP contribution < -0.4 is 16.4 Å². The second kappa shape index (κ2) is 8.23. The zero-order chi connectivity index (χ0) is 11.7. The molecule has 0 aliphatic rings. The van der Waals surface area contributed by atoms with Gasteiger partial charge in [0.15, 0.2) is 0 Å². The fourth-order valence-electron chi connectivity index (χ4n) is 1.26. The second-order valence-electron chi connectivity index (χ2n) is 3.58. The van der Waals surface area contributed by atoms with E-state index in [1.54, 1.807) is 0 Å². The number of carbonyl (C=O) groups is 2. The van der Waals surface area contributed by atoms with Crippen molar-refractivity contribution in [2.45, 2.75) is 39.2 Å². The molecule has 0 aromatic rings. The molecule has 88 valence electrons. The average Bonchev–Trinajstić information content (AvgIpc) is 2.12. The van der Waals surface area contributed by atoms with Gasteiger partial charge in [0, 0.05) is 25.4 Å². The Morgan fingerprint density at radius 2 is 2.07 bits per heavy atom. The largest absolute Gasteiger partial charge is 0.370 e. The van der Waals surface area contributed by atoms with Gasteiger partial charge in [0.05, 0.1) is 0 Å². The van der Waals surface area contributed by atoms with Gasteiger partial charge in [-0.25, -0.2) is 0 Å². The Kier molecular flexibility index (Phi) is 7.62. The van der Waals surface area contributed by atoms with E-state index in [0.29, 0.717) is 25.8 Å². The van der Waals surface area contributed by atoms with Gasteiger partial charge in [-0.1, -0.05) is 6.92 Å². The molecule has 0 rings (SSSR count). The van der Waals surface area contributed by atoms with Gasteiger partial charge in [-0.2, -0.15) is 0 Å². The van der Waals surface area contributed by atoms with Crippen molar-refractivity contribution < 1.29 is 9.59 Å². The fourth-order valence-corrected chi connectivity index (χ4v) is 1.26. The molecule has 0 fully saturated rings. The van der Waals surface area contributed by atoms with Crippen LogP contribution in [-0.4, -0.2) is 30.9 Å². The van der Waals surface area contributed by atoms with Crippen molar-refractivity contribution in [1.82, 2.24) is 10.6 Å². The van der Waals surface area contributed by atoms with E-state index in [0.717, 1.165) is 6.54 Å². The van der Waals surface area contributed by atoms with Gasteiger partial charge >= 0.3 is 0 Å². The Morgan fingerprint density at radius 1 is 1.40 bits per heavy atom. The number of primary amides is 1. The molecule has 0 bridgehead atoms. The maximum atomic E-state index is 11.3. The van der Waals surface area contributed by atoms with E-state index in [4.69, 9.17) is 5.73 Å². The summed E-state index contributed by atoms with van der Waals surface area (Å²) < 4.78 is 0. The zero-order valence-corrected chi connectivity index (χ0v) is 9.51. The van der Waals surface area contributed by atoms with Gasteiger partial charge in [-0.3, -0.25) is 9.59 Å². The highest BCUT2D eigenvalue weighted by Gasteiger charge is 2.06. The van der Waals surface area contributed by atoms with Gasteiger partial charge in [0.25, 0.3) is 0 Å². The number of nitrogens with two attached hydrogens (primary N) is 1. The third-order valence-corrected chi connectivity index (χ3v) is 1.97. The van der Waals surface area contributed by atoms with Crippen LogP contribution in [0.25, 0.3) is 0 Å². The van der Waals surface area contributed by atoms with Crippen LogP contribution in [0, 0.1) is 0 Å². The lowest BCUT2D eigenvalue weighted by Crippen LogP contribution is -2.34. The van der Waals surface area contributed by atoms with Crippen molar-refractivity contribution in [3.63, 3.8) is 0 Å². The quantitative estimate of drug-likeness (QED) is 0.488. The van der Waals surface area contributed by atoms with Crippen molar-refractivity contribution in [3.8, 4) is 0 Å². The van der Waals surface area contributed by atoms with Crippen LogP contribution in [0.2, 0.25) is 0 Å². The predicted octanol–water partition coefficient (Wildman–Crippen LogP) is -0.244. The molecule has 0 aromatic heterocycles.